The summed E-state index contributed by atoms with van der Waals surface area (Å²) in [5.41, 5.74) is 0.831. The summed E-state index contributed by atoms with van der Waals surface area (Å²) in [6.07, 6.45) is 1.81. The lowest BCUT2D eigenvalue weighted by Crippen LogP contribution is -2.48. The van der Waals surface area contributed by atoms with Crippen LogP contribution in [0.4, 0.5) is 0 Å². The van der Waals surface area contributed by atoms with Gasteiger partial charge in [-0.15, -0.1) is 5.10 Å². The van der Waals surface area contributed by atoms with Crippen LogP contribution in [0.15, 0.2) is 6.20 Å². The Labute approximate surface area is 125 Å². The second kappa shape index (κ2) is 8.06. The molecule has 1 saturated heterocycles. The van der Waals surface area contributed by atoms with Gasteiger partial charge < -0.3 is 19.9 Å². The van der Waals surface area contributed by atoms with Gasteiger partial charge in [-0.1, -0.05) is 5.21 Å². The lowest BCUT2D eigenvalue weighted by atomic mass is 10.3. The lowest BCUT2D eigenvalue weighted by Gasteiger charge is -2.32. The molecule has 1 amide bonds. The van der Waals surface area contributed by atoms with Crippen molar-refractivity contribution in [3.8, 4) is 0 Å². The number of carbonyl (C=O) groups excluding carboxylic acids is 1. The normalized spacial score (nSPS) is 16.4. The SMILES string of the molecule is COCCNCc1cn(CC(=O)N2CCN(C)CC2)nn1. The summed E-state index contributed by atoms with van der Waals surface area (Å²) in [4.78, 5) is 16.3. The van der Waals surface area contributed by atoms with Crippen molar-refractivity contribution in [2.75, 3.05) is 53.5 Å². The standard InChI is InChI=1S/C13H24N6O2/c1-17-4-6-18(7-5-17)13(20)11-19-10-12(15-16-19)9-14-3-8-21-2/h10,14H,3-9,11H2,1-2H3. The summed E-state index contributed by atoms with van der Waals surface area (Å²) in [5.74, 6) is 0.104. The minimum absolute atomic E-state index is 0.104. The van der Waals surface area contributed by atoms with Crippen LogP contribution in [0.5, 0.6) is 0 Å². The molecule has 0 aromatic carbocycles. The van der Waals surface area contributed by atoms with Crippen molar-refractivity contribution in [3.63, 3.8) is 0 Å². The highest BCUT2D eigenvalue weighted by Crippen LogP contribution is 2.01. The van der Waals surface area contributed by atoms with Crippen LogP contribution in [0.2, 0.25) is 0 Å². The van der Waals surface area contributed by atoms with Gasteiger partial charge in [0, 0.05) is 46.4 Å². The van der Waals surface area contributed by atoms with E-state index in [0.29, 0.717) is 13.2 Å². The number of amides is 1. The molecular weight excluding hydrogens is 272 g/mol. The number of hydrogen-bond acceptors (Lipinski definition) is 6. The quantitative estimate of drug-likeness (QED) is 0.636. The average Bonchev–Trinajstić information content (AvgIpc) is 2.92. The van der Waals surface area contributed by atoms with Gasteiger partial charge in [0.15, 0.2) is 0 Å². The molecule has 1 aromatic rings. The van der Waals surface area contributed by atoms with Gasteiger partial charge in [0.2, 0.25) is 5.91 Å². The van der Waals surface area contributed by atoms with E-state index < -0.39 is 0 Å². The van der Waals surface area contributed by atoms with E-state index in [9.17, 15) is 4.79 Å². The van der Waals surface area contributed by atoms with Crippen molar-refractivity contribution in [2.45, 2.75) is 13.1 Å². The van der Waals surface area contributed by atoms with Crippen molar-refractivity contribution < 1.29 is 9.53 Å². The highest BCUT2D eigenvalue weighted by atomic mass is 16.5. The van der Waals surface area contributed by atoms with Gasteiger partial charge in [0.1, 0.15) is 6.54 Å². The minimum Gasteiger partial charge on any atom is -0.383 e. The van der Waals surface area contributed by atoms with Gasteiger partial charge in [0.05, 0.1) is 18.5 Å². The largest absolute Gasteiger partial charge is 0.383 e. The predicted octanol–water partition coefficient (Wildman–Crippen LogP) is -1.21. The fourth-order valence-corrected chi connectivity index (χ4v) is 2.18. The molecule has 118 valence electrons. The molecule has 1 aliphatic heterocycles. The molecule has 0 saturated carbocycles. The fraction of sp³-hybridized carbons (Fsp3) is 0.769. The molecule has 0 radical (unpaired) electrons. The van der Waals surface area contributed by atoms with E-state index in [4.69, 9.17) is 4.74 Å². The first-order chi connectivity index (χ1) is 10.2. The zero-order valence-electron chi connectivity index (χ0n) is 12.8. The highest BCUT2D eigenvalue weighted by molar-refractivity contribution is 5.76. The Morgan fingerprint density at radius 3 is 2.86 bits per heavy atom. The molecule has 0 unspecified atom stereocenters. The maximum absolute atomic E-state index is 12.2. The van der Waals surface area contributed by atoms with Crippen molar-refractivity contribution >= 4 is 5.91 Å². The maximum Gasteiger partial charge on any atom is 0.244 e. The number of carbonyl (C=O) groups is 1. The van der Waals surface area contributed by atoms with E-state index in [-0.39, 0.29) is 12.5 Å². The fourth-order valence-electron chi connectivity index (χ4n) is 2.18. The van der Waals surface area contributed by atoms with Crippen LogP contribution < -0.4 is 5.32 Å². The van der Waals surface area contributed by atoms with Crippen molar-refractivity contribution in [3.05, 3.63) is 11.9 Å². The highest BCUT2D eigenvalue weighted by Gasteiger charge is 2.19. The number of likely N-dealkylation sites (N-methyl/N-ethyl adjacent to an activating group) is 1. The first kappa shape index (κ1) is 15.9. The number of rotatable bonds is 7. The number of piperazine rings is 1. The molecule has 1 N–H and O–H groups in total. The second-order valence-corrected chi connectivity index (χ2v) is 5.26. The van der Waals surface area contributed by atoms with Crippen molar-refractivity contribution in [1.29, 1.82) is 0 Å². The van der Waals surface area contributed by atoms with Crippen molar-refractivity contribution in [2.24, 2.45) is 0 Å². The molecule has 0 bridgehead atoms. The first-order valence-electron chi connectivity index (χ1n) is 7.24. The lowest BCUT2D eigenvalue weighted by molar-refractivity contribution is -0.133. The summed E-state index contributed by atoms with van der Waals surface area (Å²) >= 11 is 0. The molecule has 1 fully saturated rings. The predicted molar refractivity (Wildman–Crippen MR) is 77.7 cm³/mol. The van der Waals surface area contributed by atoms with E-state index in [1.165, 1.54) is 0 Å². The summed E-state index contributed by atoms with van der Waals surface area (Å²) in [6.45, 7) is 5.75. The number of hydrogen-bond donors (Lipinski definition) is 1. The molecule has 0 atom stereocenters. The smallest absolute Gasteiger partial charge is 0.244 e. The molecule has 21 heavy (non-hydrogen) atoms. The van der Waals surface area contributed by atoms with Crippen LogP contribution in [-0.2, 0) is 22.6 Å². The molecule has 8 nitrogen and oxygen atoms in total. The third-order valence-electron chi connectivity index (χ3n) is 3.53. The monoisotopic (exact) mass is 296 g/mol. The second-order valence-electron chi connectivity index (χ2n) is 5.26. The topological polar surface area (TPSA) is 75.5 Å². The zero-order chi connectivity index (χ0) is 15.1. The molecule has 0 spiro atoms. The Hall–Kier alpha value is -1.51. The van der Waals surface area contributed by atoms with Gasteiger partial charge in [-0.05, 0) is 7.05 Å². The maximum atomic E-state index is 12.2. The molecule has 2 rings (SSSR count). The molecule has 1 aromatic heterocycles. The Morgan fingerprint density at radius 2 is 2.14 bits per heavy atom. The molecule has 0 aliphatic carbocycles. The van der Waals surface area contributed by atoms with Gasteiger partial charge >= 0.3 is 0 Å². The van der Waals surface area contributed by atoms with Crippen LogP contribution in [0.1, 0.15) is 5.69 Å². The van der Waals surface area contributed by atoms with Gasteiger partial charge in [-0.3, -0.25) is 4.79 Å². The zero-order valence-corrected chi connectivity index (χ0v) is 12.8. The minimum atomic E-state index is 0.104. The number of aromatic nitrogens is 3. The van der Waals surface area contributed by atoms with Crippen LogP contribution in [0.25, 0.3) is 0 Å². The number of nitrogens with zero attached hydrogens (tertiary/aromatic N) is 5. The van der Waals surface area contributed by atoms with Gasteiger partial charge in [-0.2, -0.15) is 0 Å². The summed E-state index contributed by atoms with van der Waals surface area (Å²) in [6, 6.07) is 0. The van der Waals surface area contributed by atoms with Crippen LogP contribution in [0.3, 0.4) is 0 Å². The molecule has 2 heterocycles. The summed E-state index contributed by atoms with van der Waals surface area (Å²) < 4.78 is 6.56. The Bertz CT molecular complexity index is 442. The molecule has 1 aliphatic rings. The van der Waals surface area contributed by atoms with E-state index >= 15 is 0 Å². The Kier molecular flexibility index (Phi) is 6.09. The summed E-state index contributed by atoms with van der Waals surface area (Å²) in [5, 5.41) is 11.3. The third kappa shape index (κ3) is 5.07. The van der Waals surface area contributed by atoms with Crippen LogP contribution in [-0.4, -0.2) is 84.2 Å². The first-order valence-corrected chi connectivity index (χ1v) is 7.24. The van der Waals surface area contributed by atoms with Crippen molar-refractivity contribution in [1.82, 2.24) is 30.1 Å². The third-order valence-corrected chi connectivity index (χ3v) is 3.53. The van der Waals surface area contributed by atoms with Gasteiger partial charge in [0.25, 0.3) is 0 Å². The number of ether oxygens (including phenoxy) is 1. The van der Waals surface area contributed by atoms with E-state index in [1.807, 2.05) is 11.1 Å². The molecular formula is C13H24N6O2. The van der Waals surface area contributed by atoms with E-state index in [1.54, 1.807) is 11.8 Å². The number of nitrogens with one attached hydrogen (secondary N) is 1. The number of methoxy groups -OCH3 is 1. The Morgan fingerprint density at radius 1 is 1.38 bits per heavy atom. The molecule has 8 heteroatoms. The Balaban J connectivity index is 1.75. The van der Waals surface area contributed by atoms with E-state index in [2.05, 4.69) is 27.6 Å². The average molecular weight is 296 g/mol. The van der Waals surface area contributed by atoms with Gasteiger partial charge in [-0.25, -0.2) is 4.68 Å². The van der Waals surface area contributed by atoms with Crippen LogP contribution in [0, 0.1) is 0 Å². The van der Waals surface area contributed by atoms with E-state index in [0.717, 1.165) is 38.4 Å². The van der Waals surface area contributed by atoms with Crippen LogP contribution >= 0.6 is 0 Å². The summed E-state index contributed by atoms with van der Waals surface area (Å²) in [7, 11) is 3.74.